The molecule has 0 atom stereocenters. The average Bonchev–Trinajstić information content (AvgIpc) is 3.69. The van der Waals surface area contributed by atoms with Gasteiger partial charge in [-0.1, -0.05) is 74.5 Å². The predicted molar refractivity (Wildman–Crippen MR) is 167 cm³/mol. The molecule has 3 N–H and O–H groups in total. The van der Waals surface area contributed by atoms with Gasteiger partial charge in [-0.25, -0.2) is 9.59 Å². The molecule has 0 aliphatic heterocycles. The van der Waals surface area contributed by atoms with Gasteiger partial charge in [0.05, 0.1) is 0 Å². The SMILES string of the molecule is CCc1c(Cc2cc(C)c(C(=O)OCc3ccccc3)[nH]2)[nH]c(Cc2cc(C)c(C(=O)OCc3ccccc3)[nH]2)c1CC. The molecular weight excluding hydrogens is 538 g/mol. The first-order chi connectivity index (χ1) is 20.9. The molecule has 0 aliphatic rings. The minimum atomic E-state index is -0.357. The number of nitrogens with one attached hydrogen (secondary N) is 3. The van der Waals surface area contributed by atoms with E-state index >= 15 is 0 Å². The summed E-state index contributed by atoms with van der Waals surface area (Å²) in [4.78, 5) is 36.0. The maximum absolute atomic E-state index is 12.8. The van der Waals surface area contributed by atoms with Crippen LogP contribution >= 0.6 is 0 Å². The van der Waals surface area contributed by atoms with E-state index in [-0.39, 0.29) is 25.2 Å². The number of aryl methyl sites for hydroxylation is 2. The third kappa shape index (κ3) is 7.00. The molecule has 0 amide bonds. The van der Waals surface area contributed by atoms with Gasteiger partial charge in [-0.2, -0.15) is 0 Å². The van der Waals surface area contributed by atoms with Crippen molar-refractivity contribution in [2.24, 2.45) is 0 Å². The number of ether oxygens (including phenoxy) is 2. The third-order valence-electron chi connectivity index (χ3n) is 7.81. The summed E-state index contributed by atoms with van der Waals surface area (Å²) in [6.07, 6.45) is 3.07. The predicted octanol–water partition coefficient (Wildman–Crippen LogP) is 7.31. The van der Waals surface area contributed by atoms with Crippen LogP contribution in [0.4, 0.5) is 0 Å². The summed E-state index contributed by atoms with van der Waals surface area (Å²) in [5, 5.41) is 0. The van der Waals surface area contributed by atoms with Crippen molar-refractivity contribution < 1.29 is 19.1 Å². The second kappa shape index (κ2) is 13.5. The average molecular weight is 578 g/mol. The lowest BCUT2D eigenvalue weighted by molar-refractivity contribution is 0.0457. The third-order valence-corrected chi connectivity index (χ3v) is 7.81. The number of esters is 2. The fourth-order valence-electron chi connectivity index (χ4n) is 5.70. The Morgan fingerprint density at radius 3 is 1.37 bits per heavy atom. The number of rotatable bonds is 12. The van der Waals surface area contributed by atoms with Crippen LogP contribution in [0.5, 0.6) is 0 Å². The highest BCUT2D eigenvalue weighted by Crippen LogP contribution is 2.26. The zero-order valence-corrected chi connectivity index (χ0v) is 25.3. The molecule has 0 spiro atoms. The van der Waals surface area contributed by atoms with Crippen molar-refractivity contribution in [1.82, 2.24) is 15.0 Å². The zero-order valence-electron chi connectivity index (χ0n) is 25.3. The van der Waals surface area contributed by atoms with Crippen LogP contribution in [0.25, 0.3) is 0 Å². The van der Waals surface area contributed by atoms with E-state index in [0.29, 0.717) is 24.2 Å². The number of aromatic nitrogens is 3. The molecule has 5 rings (SSSR count). The highest BCUT2D eigenvalue weighted by atomic mass is 16.5. The minimum absolute atomic E-state index is 0.234. The zero-order chi connectivity index (χ0) is 30.3. The molecule has 5 aromatic rings. The maximum atomic E-state index is 12.8. The van der Waals surface area contributed by atoms with Crippen molar-refractivity contribution in [3.05, 3.63) is 140 Å². The van der Waals surface area contributed by atoms with Crippen LogP contribution in [0, 0.1) is 13.8 Å². The molecule has 222 valence electrons. The van der Waals surface area contributed by atoms with E-state index < -0.39 is 0 Å². The summed E-state index contributed by atoms with van der Waals surface area (Å²) in [5.74, 6) is -0.713. The first-order valence-corrected chi connectivity index (χ1v) is 14.9. The van der Waals surface area contributed by atoms with Gasteiger partial charge in [-0.3, -0.25) is 0 Å². The summed E-state index contributed by atoms with van der Waals surface area (Å²) < 4.78 is 11.1. The van der Waals surface area contributed by atoms with Gasteiger partial charge in [0.2, 0.25) is 0 Å². The van der Waals surface area contributed by atoms with Gasteiger partial charge in [-0.15, -0.1) is 0 Å². The van der Waals surface area contributed by atoms with Gasteiger partial charge < -0.3 is 24.4 Å². The number of aromatic amines is 3. The van der Waals surface area contributed by atoms with E-state index in [1.165, 1.54) is 11.1 Å². The Morgan fingerprint density at radius 2 is 1.00 bits per heavy atom. The van der Waals surface area contributed by atoms with Crippen LogP contribution < -0.4 is 0 Å². The summed E-state index contributed by atoms with van der Waals surface area (Å²) in [5.41, 5.74) is 11.4. The Morgan fingerprint density at radius 1 is 0.605 bits per heavy atom. The number of carbonyl (C=O) groups is 2. The fraction of sp³-hybridized carbons (Fsp3) is 0.278. The van der Waals surface area contributed by atoms with Crippen LogP contribution in [0.3, 0.4) is 0 Å². The van der Waals surface area contributed by atoms with Gasteiger partial charge >= 0.3 is 11.9 Å². The largest absolute Gasteiger partial charge is 0.456 e. The first-order valence-electron chi connectivity index (χ1n) is 14.9. The van der Waals surface area contributed by atoms with E-state index in [2.05, 4.69) is 28.8 Å². The molecule has 0 unspecified atom stereocenters. The summed E-state index contributed by atoms with van der Waals surface area (Å²) in [6.45, 7) is 8.65. The lowest BCUT2D eigenvalue weighted by Gasteiger charge is -2.05. The Hall–Kier alpha value is -4.78. The smallest absolute Gasteiger partial charge is 0.355 e. The molecule has 0 aliphatic carbocycles. The molecule has 3 aromatic heterocycles. The van der Waals surface area contributed by atoms with Crippen molar-refractivity contribution in [2.45, 2.75) is 66.6 Å². The molecule has 7 nitrogen and oxygen atoms in total. The minimum Gasteiger partial charge on any atom is -0.456 e. The molecule has 43 heavy (non-hydrogen) atoms. The number of H-pyrrole nitrogens is 3. The van der Waals surface area contributed by atoms with Gasteiger partial charge in [0.25, 0.3) is 0 Å². The lowest BCUT2D eigenvalue weighted by atomic mass is 10.0. The van der Waals surface area contributed by atoms with Crippen LogP contribution in [0.1, 0.15) is 91.0 Å². The Labute approximate surface area is 252 Å². The van der Waals surface area contributed by atoms with E-state index in [1.54, 1.807) is 0 Å². The molecule has 0 saturated heterocycles. The summed E-state index contributed by atoms with van der Waals surface area (Å²) in [6, 6.07) is 23.4. The molecular formula is C36H39N3O4. The van der Waals surface area contributed by atoms with Gasteiger partial charge in [0.15, 0.2) is 0 Å². The van der Waals surface area contributed by atoms with Crippen LogP contribution in [-0.2, 0) is 48.4 Å². The van der Waals surface area contributed by atoms with Crippen molar-refractivity contribution >= 4 is 11.9 Å². The normalized spacial score (nSPS) is 11.1. The lowest BCUT2D eigenvalue weighted by Crippen LogP contribution is -2.07. The van der Waals surface area contributed by atoms with E-state index in [0.717, 1.165) is 57.9 Å². The second-order valence-corrected chi connectivity index (χ2v) is 10.9. The first kappa shape index (κ1) is 29.7. The number of benzene rings is 2. The van der Waals surface area contributed by atoms with Gasteiger partial charge in [0.1, 0.15) is 24.6 Å². The highest BCUT2D eigenvalue weighted by molar-refractivity contribution is 5.89. The molecule has 0 fully saturated rings. The van der Waals surface area contributed by atoms with E-state index in [4.69, 9.17) is 9.47 Å². The second-order valence-electron chi connectivity index (χ2n) is 10.9. The Balaban J connectivity index is 1.29. The molecule has 0 bridgehead atoms. The van der Waals surface area contributed by atoms with Crippen molar-refractivity contribution in [3.8, 4) is 0 Å². The van der Waals surface area contributed by atoms with Gasteiger partial charge in [-0.05, 0) is 72.2 Å². The maximum Gasteiger partial charge on any atom is 0.355 e. The van der Waals surface area contributed by atoms with Crippen molar-refractivity contribution in [3.63, 3.8) is 0 Å². The Bertz CT molecular complexity index is 1570. The molecule has 2 aromatic carbocycles. The molecule has 0 saturated carbocycles. The van der Waals surface area contributed by atoms with Crippen molar-refractivity contribution in [2.75, 3.05) is 0 Å². The van der Waals surface area contributed by atoms with Crippen molar-refractivity contribution in [1.29, 1.82) is 0 Å². The highest BCUT2D eigenvalue weighted by Gasteiger charge is 2.21. The summed E-state index contributed by atoms with van der Waals surface area (Å²) in [7, 11) is 0. The number of carbonyl (C=O) groups excluding carboxylic acids is 2. The van der Waals surface area contributed by atoms with Gasteiger partial charge in [0, 0.05) is 35.6 Å². The van der Waals surface area contributed by atoms with Crippen LogP contribution in [0.15, 0.2) is 72.8 Å². The molecule has 0 radical (unpaired) electrons. The van der Waals surface area contributed by atoms with Crippen LogP contribution in [-0.4, -0.2) is 26.9 Å². The quantitative estimate of drug-likeness (QED) is 0.135. The monoisotopic (exact) mass is 577 g/mol. The standard InChI is InChI=1S/C36H39N3O4/c1-5-29-30(6-2)32(20-28-18-24(4)34(38-28)36(41)43-22-26-15-11-8-12-16-26)39-31(29)19-27-17-23(3)33(37-27)35(40)42-21-25-13-9-7-10-14-25/h7-18,37-39H,5-6,19-22H2,1-4H3. The number of hydrogen-bond acceptors (Lipinski definition) is 4. The van der Waals surface area contributed by atoms with Crippen LogP contribution in [0.2, 0.25) is 0 Å². The number of hydrogen-bond donors (Lipinski definition) is 3. The molecule has 7 heteroatoms. The Kier molecular flexibility index (Phi) is 9.30. The fourth-order valence-corrected chi connectivity index (χ4v) is 5.70. The van der Waals surface area contributed by atoms with E-state index in [9.17, 15) is 9.59 Å². The van der Waals surface area contributed by atoms with E-state index in [1.807, 2.05) is 86.6 Å². The molecule has 3 heterocycles. The topological polar surface area (TPSA) is 100.0 Å². The summed E-state index contributed by atoms with van der Waals surface area (Å²) >= 11 is 0.